The lowest BCUT2D eigenvalue weighted by Gasteiger charge is -2.16. The van der Waals surface area contributed by atoms with Crippen molar-refractivity contribution in [2.75, 3.05) is 4.90 Å². The third kappa shape index (κ3) is 4.50. The first-order valence-electron chi connectivity index (χ1n) is 12.1. The van der Waals surface area contributed by atoms with Crippen molar-refractivity contribution in [3.63, 3.8) is 0 Å². The molecule has 4 aromatic rings. The van der Waals surface area contributed by atoms with Crippen molar-refractivity contribution in [3.8, 4) is 16.9 Å². The lowest BCUT2D eigenvalue weighted by molar-refractivity contribution is -0.117. The SMILES string of the molecule is CC1/C=C/C[C@H](NC(=O)/C=C/c2cc(Cl)ccc2-n2cnnn2)c2ncc([nH]2)-c2ccccc2N2C(=O)C12. The molecule has 1 saturated heterocycles. The summed E-state index contributed by atoms with van der Waals surface area (Å²) in [6, 6.07) is 12.4. The van der Waals surface area contributed by atoms with Crippen molar-refractivity contribution in [2.45, 2.75) is 25.4 Å². The van der Waals surface area contributed by atoms with E-state index in [2.05, 4.69) is 30.8 Å². The van der Waals surface area contributed by atoms with Crippen LogP contribution < -0.4 is 10.2 Å². The molecule has 2 aliphatic rings. The van der Waals surface area contributed by atoms with E-state index in [9.17, 15) is 9.59 Å². The average molecular weight is 527 g/mol. The number of amides is 2. The van der Waals surface area contributed by atoms with E-state index in [1.807, 2.05) is 48.2 Å². The summed E-state index contributed by atoms with van der Waals surface area (Å²) in [5.74, 6) is 0.458. The fourth-order valence-electron chi connectivity index (χ4n) is 4.78. The number of fused-ring (bicyclic) bond motifs is 6. The van der Waals surface area contributed by atoms with E-state index in [1.54, 1.807) is 30.5 Å². The minimum absolute atomic E-state index is 0.0280. The fourth-order valence-corrected chi connectivity index (χ4v) is 4.96. The van der Waals surface area contributed by atoms with Crippen LogP contribution in [0.15, 0.2) is 73.2 Å². The topological polar surface area (TPSA) is 121 Å². The van der Waals surface area contributed by atoms with Gasteiger partial charge in [0.1, 0.15) is 18.2 Å². The number of hydrogen-bond donors (Lipinski definition) is 2. The predicted octanol–water partition coefficient (Wildman–Crippen LogP) is 3.89. The molecule has 190 valence electrons. The van der Waals surface area contributed by atoms with Crippen molar-refractivity contribution >= 4 is 35.2 Å². The number of carbonyl (C=O) groups excluding carboxylic acids is 2. The number of imidazole rings is 1. The molecule has 2 bridgehead atoms. The van der Waals surface area contributed by atoms with Crippen molar-refractivity contribution < 1.29 is 9.59 Å². The highest BCUT2D eigenvalue weighted by Gasteiger charge is 2.50. The Morgan fingerprint density at radius 2 is 2.08 bits per heavy atom. The van der Waals surface area contributed by atoms with Crippen molar-refractivity contribution in [1.82, 2.24) is 35.5 Å². The highest BCUT2D eigenvalue weighted by Crippen LogP contribution is 2.41. The number of carbonyl (C=O) groups is 2. The van der Waals surface area contributed by atoms with Gasteiger partial charge in [-0.05, 0) is 47.2 Å². The van der Waals surface area contributed by atoms with Gasteiger partial charge in [0.2, 0.25) is 5.91 Å². The minimum Gasteiger partial charge on any atom is -0.342 e. The number of tetrazole rings is 1. The van der Waals surface area contributed by atoms with E-state index < -0.39 is 6.04 Å². The number of para-hydroxylation sites is 1. The highest BCUT2D eigenvalue weighted by molar-refractivity contribution is 6.30. The van der Waals surface area contributed by atoms with Gasteiger partial charge in [0.25, 0.3) is 5.91 Å². The Hall–Kier alpha value is -4.57. The van der Waals surface area contributed by atoms with Crippen molar-refractivity contribution in [2.24, 2.45) is 5.92 Å². The van der Waals surface area contributed by atoms with Crippen molar-refractivity contribution in [1.29, 1.82) is 0 Å². The molecule has 4 heterocycles. The summed E-state index contributed by atoms with van der Waals surface area (Å²) in [6.07, 6.45) is 10.8. The smallest absolute Gasteiger partial charge is 0.251 e. The second kappa shape index (κ2) is 9.71. The minimum atomic E-state index is -0.403. The molecule has 0 aliphatic carbocycles. The van der Waals surface area contributed by atoms with Crippen LogP contribution in [-0.4, -0.2) is 48.0 Å². The molecule has 2 aliphatic heterocycles. The Balaban J connectivity index is 1.28. The molecule has 0 saturated carbocycles. The number of nitrogens with one attached hydrogen (secondary N) is 2. The molecule has 2 aromatic heterocycles. The van der Waals surface area contributed by atoms with Crippen LogP contribution >= 0.6 is 11.6 Å². The molecule has 0 spiro atoms. The molecule has 2 amide bonds. The van der Waals surface area contributed by atoms with Gasteiger partial charge in [0, 0.05) is 28.1 Å². The van der Waals surface area contributed by atoms with E-state index in [0.29, 0.717) is 28.5 Å². The van der Waals surface area contributed by atoms with E-state index in [4.69, 9.17) is 11.6 Å². The third-order valence-corrected chi connectivity index (χ3v) is 6.94. The molecule has 6 rings (SSSR count). The van der Waals surface area contributed by atoms with E-state index in [1.165, 1.54) is 17.1 Å². The van der Waals surface area contributed by atoms with Crippen LogP contribution in [0.3, 0.4) is 0 Å². The largest absolute Gasteiger partial charge is 0.342 e. The summed E-state index contributed by atoms with van der Waals surface area (Å²) in [6.45, 7) is 2.03. The van der Waals surface area contributed by atoms with E-state index in [-0.39, 0.29) is 23.8 Å². The second-order valence-electron chi connectivity index (χ2n) is 9.23. The summed E-state index contributed by atoms with van der Waals surface area (Å²) in [4.78, 5) is 35.4. The van der Waals surface area contributed by atoms with Gasteiger partial charge in [-0.15, -0.1) is 5.10 Å². The first-order valence-corrected chi connectivity index (χ1v) is 12.5. The molecule has 11 heteroatoms. The molecular weight excluding hydrogens is 504 g/mol. The predicted molar refractivity (Wildman–Crippen MR) is 142 cm³/mol. The van der Waals surface area contributed by atoms with Gasteiger partial charge in [-0.2, -0.15) is 4.68 Å². The van der Waals surface area contributed by atoms with Gasteiger partial charge in [-0.3, -0.25) is 14.5 Å². The summed E-state index contributed by atoms with van der Waals surface area (Å²) >= 11 is 6.19. The van der Waals surface area contributed by atoms with E-state index >= 15 is 0 Å². The molecule has 1 fully saturated rings. The maximum atomic E-state index is 13.0. The molecule has 10 nitrogen and oxygen atoms in total. The Bertz CT molecular complexity index is 1580. The number of aromatic amines is 1. The molecule has 38 heavy (non-hydrogen) atoms. The number of halogens is 1. The van der Waals surface area contributed by atoms with Crippen LogP contribution in [0.1, 0.15) is 30.8 Å². The van der Waals surface area contributed by atoms with Gasteiger partial charge in [-0.1, -0.05) is 48.9 Å². The second-order valence-corrected chi connectivity index (χ2v) is 9.66. The maximum absolute atomic E-state index is 13.0. The average Bonchev–Trinajstić information content (AvgIpc) is 3.30. The summed E-state index contributed by atoms with van der Waals surface area (Å²) < 4.78 is 1.50. The molecular formula is C27H23ClN8O2. The highest BCUT2D eigenvalue weighted by atomic mass is 35.5. The van der Waals surface area contributed by atoms with Crippen LogP contribution in [0, 0.1) is 5.92 Å². The number of benzene rings is 2. The summed E-state index contributed by atoms with van der Waals surface area (Å²) in [5.41, 5.74) is 3.89. The molecule has 0 radical (unpaired) electrons. The quantitative estimate of drug-likeness (QED) is 0.236. The zero-order valence-corrected chi connectivity index (χ0v) is 21.1. The lowest BCUT2D eigenvalue weighted by atomic mass is 10.0. The van der Waals surface area contributed by atoms with Crippen molar-refractivity contribution in [3.05, 3.63) is 89.6 Å². The number of nitrogens with zero attached hydrogens (tertiary/aromatic N) is 6. The molecule has 3 atom stereocenters. The van der Waals surface area contributed by atoms with Gasteiger partial charge >= 0.3 is 0 Å². The van der Waals surface area contributed by atoms with Gasteiger partial charge in [0.15, 0.2) is 0 Å². The van der Waals surface area contributed by atoms with E-state index in [0.717, 1.165) is 16.9 Å². The Labute approximate surface area is 223 Å². The normalized spacial score (nSPS) is 21.3. The number of rotatable bonds is 4. The Morgan fingerprint density at radius 3 is 2.92 bits per heavy atom. The van der Waals surface area contributed by atoms with Gasteiger partial charge in [0.05, 0.1) is 29.3 Å². The number of H-pyrrole nitrogens is 1. The molecule has 2 aromatic carbocycles. The fraction of sp³-hybridized carbons (Fsp3) is 0.185. The summed E-state index contributed by atoms with van der Waals surface area (Å²) in [5, 5.41) is 14.8. The first-order chi connectivity index (χ1) is 18.5. The van der Waals surface area contributed by atoms with Crippen LogP contribution in [0.4, 0.5) is 5.69 Å². The zero-order valence-electron chi connectivity index (χ0n) is 20.3. The standard InChI is InChI=1S/C27H23ClN8O2/c1-16-5-4-7-20(26-29-14-21(32-26)19-6-2-3-8-23(19)36-25(16)27(36)38)31-24(37)12-9-17-13-18(28)10-11-22(17)35-15-30-33-34-35/h2-6,8-16,20,25H,7H2,1H3,(H,29,32)(H,31,37)/b5-4+,12-9+/t16?,20-,25?,36?/m0/s1. The monoisotopic (exact) mass is 526 g/mol. The maximum Gasteiger partial charge on any atom is 0.251 e. The number of anilines is 1. The zero-order chi connectivity index (χ0) is 26.2. The number of hydrogen-bond acceptors (Lipinski definition) is 6. The molecule has 2 N–H and O–H groups in total. The van der Waals surface area contributed by atoms with Gasteiger partial charge < -0.3 is 10.3 Å². The van der Waals surface area contributed by atoms with Crippen LogP contribution in [0.2, 0.25) is 5.02 Å². The Morgan fingerprint density at radius 1 is 1.21 bits per heavy atom. The first kappa shape index (κ1) is 23.8. The van der Waals surface area contributed by atoms with Crippen LogP contribution in [-0.2, 0) is 9.59 Å². The van der Waals surface area contributed by atoms with Crippen LogP contribution in [0.25, 0.3) is 23.0 Å². The van der Waals surface area contributed by atoms with Gasteiger partial charge in [-0.25, -0.2) is 4.98 Å². The lowest BCUT2D eigenvalue weighted by Crippen LogP contribution is -2.27. The summed E-state index contributed by atoms with van der Waals surface area (Å²) in [7, 11) is 0. The third-order valence-electron chi connectivity index (χ3n) is 6.71. The molecule has 2 unspecified atom stereocenters. The number of aromatic nitrogens is 6. The van der Waals surface area contributed by atoms with Crippen LogP contribution in [0.5, 0.6) is 0 Å². The Kier molecular flexibility index (Phi) is 6.09.